The lowest BCUT2D eigenvalue weighted by molar-refractivity contribution is -0.0106. The molecule has 0 aliphatic carbocycles. The molecule has 0 spiro atoms. The number of ether oxygens (including phenoxy) is 1. The van der Waals surface area contributed by atoms with Gasteiger partial charge in [0.05, 0.1) is 18.8 Å². The van der Waals surface area contributed by atoms with Crippen molar-refractivity contribution in [1.29, 1.82) is 0 Å². The Kier molecular flexibility index (Phi) is 3.97. The summed E-state index contributed by atoms with van der Waals surface area (Å²) in [4.78, 5) is 12.9. The summed E-state index contributed by atoms with van der Waals surface area (Å²) >= 11 is 0. The van der Waals surface area contributed by atoms with Crippen LogP contribution in [0.1, 0.15) is 33.6 Å². The van der Waals surface area contributed by atoms with Crippen LogP contribution in [0.15, 0.2) is 0 Å². The van der Waals surface area contributed by atoms with E-state index >= 15 is 0 Å². The molecule has 1 aliphatic heterocycles. The first kappa shape index (κ1) is 12.3. The molecular formula is C11H21NO3. The van der Waals surface area contributed by atoms with Crippen molar-refractivity contribution in [2.24, 2.45) is 5.92 Å². The highest BCUT2D eigenvalue weighted by molar-refractivity contribution is 5.68. The van der Waals surface area contributed by atoms with Gasteiger partial charge in [-0.25, -0.2) is 4.79 Å². The molecule has 0 aromatic heterocycles. The zero-order chi connectivity index (χ0) is 11.5. The minimum Gasteiger partial charge on any atom is -0.449 e. The molecule has 1 fully saturated rings. The molecule has 4 heteroatoms. The topological polar surface area (TPSA) is 49.8 Å². The van der Waals surface area contributed by atoms with E-state index in [2.05, 4.69) is 13.8 Å². The molecule has 1 saturated heterocycles. The van der Waals surface area contributed by atoms with Crippen molar-refractivity contribution in [3.8, 4) is 0 Å². The number of hydrogen-bond donors (Lipinski definition) is 1. The summed E-state index contributed by atoms with van der Waals surface area (Å²) in [6, 6.07) is 0. The molecule has 0 saturated carbocycles. The van der Waals surface area contributed by atoms with Gasteiger partial charge in [0, 0.05) is 6.54 Å². The first-order valence-electron chi connectivity index (χ1n) is 5.55. The monoisotopic (exact) mass is 215 g/mol. The van der Waals surface area contributed by atoms with Crippen LogP contribution < -0.4 is 0 Å². The maximum Gasteiger partial charge on any atom is 0.409 e. The van der Waals surface area contributed by atoms with Crippen LogP contribution in [0.2, 0.25) is 0 Å². The fourth-order valence-electron chi connectivity index (χ4n) is 2.10. The molecule has 1 rings (SSSR count). The normalized spacial score (nSPS) is 21.4. The second-order valence-electron chi connectivity index (χ2n) is 4.98. The molecule has 15 heavy (non-hydrogen) atoms. The van der Waals surface area contributed by atoms with Gasteiger partial charge in [-0.3, -0.25) is 0 Å². The number of carbonyl (C=O) groups is 1. The van der Waals surface area contributed by atoms with Gasteiger partial charge in [-0.2, -0.15) is 0 Å². The van der Waals surface area contributed by atoms with E-state index in [1.54, 1.807) is 11.8 Å². The molecule has 88 valence electrons. The first-order valence-corrected chi connectivity index (χ1v) is 5.55. The van der Waals surface area contributed by atoms with Crippen molar-refractivity contribution in [2.45, 2.75) is 39.2 Å². The Morgan fingerprint density at radius 1 is 1.60 bits per heavy atom. The maximum atomic E-state index is 11.4. The van der Waals surface area contributed by atoms with Gasteiger partial charge in [0.25, 0.3) is 0 Å². The Hall–Kier alpha value is -0.770. The van der Waals surface area contributed by atoms with Crippen LogP contribution in [0.3, 0.4) is 0 Å². The molecule has 1 heterocycles. The molecule has 1 aliphatic rings. The number of hydrogen-bond acceptors (Lipinski definition) is 3. The van der Waals surface area contributed by atoms with E-state index in [0.29, 0.717) is 32.0 Å². The van der Waals surface area contributed by atoms with Gasteiger partial charge in [0.1, 0.15) is 0 Å². The molecule has 1 atom stereocenters. The number of amides is 1. The van der Waals surface area contributed by atoms with Crippen molar-refractivity contribution < 1.29 is 14.6 Å². The van der Waals surface area contributed by atoms with Crippen molar-refractivity contribution in [1.82, 2.24) is 4.90 Å². The zero-order valence-electron chi connectivity index (χ0n) is 9.82. The fourth-order valence-corrected chi connectivity index (χ4v) is 2.10. The van der Waals surface area contributed by atoms with Crippen LogP contribution >= 0.6 is 0 Å². The van der Waals surface area contributed by atoms with Gasteiger partial charge in [-0.05, 0) is 25.7 Å². The maximum absolute atomic E-state index is 11.4. The smallest absolute Gasteiger partial charge is 0.409 e. The minimum atomic E-state index is -0.815. The van der Waals surface area contributed by atoms with Crippen LogP contribution in [-0.2, 0) is 4.74 Å². The molecule has 0 radical (unpaired) electrons. The quantitative estimate of drug-likeness (QED) is 0.775. The molecule has 1 amide bonds. The van der Waals surface area contributed by atoms with E-state index in [0.717, 1.165) is 6.42 Å². The lowest BCUT2D eigenvalue weighted by Gasteiger charge is -2.34. The summed E-state index contributed by atoms with van der Waals surface area (Å²) in [5, 5.41) is 10.1. The Labute approximate surface area is 91.2 Å². The SMILES string of the molecule is CC(C)CC(C)(O)CN1CCCOC1=O. The second-order valence-corrected chi connectivity index (χ2v) is 4.98. The summed E-state index contributed by atoms with van der Waals surface area (Å²) in [5.74, 6) is 0.417. The third-order valence-corrected chi connectivity index (χ3v) is 2.44. The summed E-state index contributed by atoms with van der Waals surface area (Å²) in [5.41, 5.74) is -0.815. The second kappa shape index (κ2) is 4.84. The summed E-state index contributed by atoms with van der Waals surface area (Å²) in [6.45, 7) is 7.44. The number of cyclic esters (lactones) is 1. The van der Waals surface area contributed by atoms with E-state index in [9.17, 15) is 9.90 Å². The Morgan fingerprint density at radius 2 is 2.27 bits per heavy atom. The van der Waals surface area contributed by atoms with Crippen LogP contribution in [-0.4, -0.2) is 41.4 Å². The molecule has 1 unspecified atom stereocenters. The lowest BCUT2D eigenvalue weighted by atomic mass is 9.94. The van der Waals surface area contributed by atoms with Crippen LogP contribution in [0, 0.1) is 5.92 Å². The molecular weight excluding hydrogens is 194 g/mol. The van der Waals surface area contributed by atoms with Crippen molar-refractivity contribution in [2.75, 3.05) is 19.7 Å². The average Bonchev–Trinajstić information content (AvgIpc) is 2.06. The fraction of sp³-hybridized carbons (Fsp3) is 0.909. The van der Waals surface area contributed by atoms with Gasteiger partial charge in [0.2, 0.25) is 0 Å². The summed E-state index contributed by atoms with van der Waals surface area (Å²) in [7, 11) is 0. The van der Waals surface area contributed by atoms with Gasteiger partial charge in [0.15, 0.2) is 0 Å². The Morgan fingerprint density at radius 3 is 2.80 bits per heavy atom. The van der Waals surface area contributed by atoms with Gasteiger partial charge < -0.3 is 14.7 Å². The first-order chi connectivity index (χ1) is 6.91. The van der Waals surface area contributed by atoms with Gasteiger partial charge in [-0.1, -0.05) is 13.8 Å². The third-order valence-electron chi connectivity index (χ3n) is 2.44. The highest BCUT2D eigenvalue weighted by atomic mass is 16.6. The van der Waals surface area contributed by atoms with E-state index < -0.39 is 5.60 Å². The van der Waals surface area contributed by atoms with Gasteiger partial charge >= 0.3 is 6.09 Å². The van der Waals surface area contributed by atoms with E-state index in [1.807, 2.05) is 0 Å². The number of rotatable bonds is 4. The predicted octanol–water partition coefficient (Wildman–Crippen LogP) is 1.63. The van der Waals surface area contributed by atoms with Crippen LogP contribution in [0.4, 0.5) is 4.79 Å². The van der Waals surface area contributed by atoms with Crippen molar-refractivity contribution in [3.05, 3.63) is 0 Å². The average molecular weight is 215 g/mol. The molecule has 4 nitrogen and oxygen atoms in total. The molecule has 0 aromatic rings. The highest BCUT2D eigenvalue weighted by Crippen LogP contribution is 2.19. The highest BCUT2D eigenvalue weighted by Gasteiger charge is 2.29. The summed E-state index contributed by atoms with van der Waals surface area (Å²) in [6.07, 6.45) is 1.24. The molecule has 0 aromatic carbocycles. The lowest BCUT2D eigenvalue weighted by Crippen LogP contribution is -2.47. The Bertz CT molecular complexity index is 226. The number of aliphatic hydroxyl groups is 1. The van der Waals surface area contributed by atoms with Crippen LogP contribution in [0.25, 0.3) is 0 Å². The van der Waals surface area contributed by atoms with E-state index in [1.165, 1.54) is 0 Å². The summed E-state index contributed by atoms with van der Waals surface area (Å²) < 4.78 is 4.92. The molecule has 1 N–H and O–H groups in total. The largest absolute Gasteiger partial charge is 0.449 e. The molecule has 0 bridgehead atoms. The minimum absolute atomic E-state index is 0.301. The van der Waals surface area contributed by atoms with E-state index in [4.69, 9.17) is 4.74 Å². The number of nitrogens with zero attached hydrogens (tertiary/aromatic N) is 1. The standard InChI is InChI=1S/C11H21NO3/c1-9(2)7-11(3,14)8-12-5-4-6-15-10(12)13/h9,14H,4-8H2,1-3H3. The van der Waals surface area contributed by atoms with Gasteiger partial charge in [-0.15, -0.1) is 0 Å². The van der Waals surface area contributed by atoms with E-state index in [-0.39, 0.29) is 6.09 Å². The predicted molar refractivity (Wildman–Crippen MR) is 57.6 cm³/mol. The van der Waals surface area contributed by atoms with Crippen LogP contribution in [0.5, 0.6) is 0 Å². The van der Waals surface area contributed by atoms with Crippen molar-refractivity contribution in [3.63, 3.8) is 0 Å². The number of carbonyl (C=O) groups excluding carboxylic acids is 1. The third kappa shape index (κ3) is 4.08. The van der Waals surface area contributed by atoms with Crippen molar-refractivity contribution >= 4 is 6.09 Å². The Balaban J connectivity index is 2.47. The number of β-amino-alcohol motifs (C(OH)–C–C–N with tert-alkyl or cyclic N) is 1. The zero-order valence-corrected chi connectivity index (χ0v) is 9.82.